The van der Waals surface area contributed by atoms with Gasteiger partial charge in [0.1, 0.15) is 0 Å². The first-order chi connectivity index (χ1) is 12.2. The van der Waals surface area contributed by atoms with Gasteiger partial charge in [0.25, 0.3) is 11.8 Å². The third-order valence-electron chi connectivity index (χ3n) is 4.41. The number of thiophene rings is 1. The number of amides is 1. The van der Waals surface area contributed by atoms with Crippen LogP contribution in [-0.4, -0.2) is 52.1 Å². The molecule has 1 atom stereocenters. The van der Waals surface area contributed by atoms with Crippen molar-refractivity contribution in [2.24, 2.45) is 0 Å². The zero-order valence-corrected chi connectivity index (χ0v) is 14.6. The number of carbonyl (C=O) groups is 1. The van der Waals surface area contributed by atoms with E-state index in [0.717, 1.165) is 18.0 Å². The molecule has 0 spiro atoms. The molecular formula is C17H18N4O3S. The van der Waals surface area contributed by atoms with Crippen molar-refractivity contribution in [1.29, 1.82) is 0 Å². The summed E-state index contributed by atoms with van der Waals surface area (Å²) in [7, 11) is 0. The van der Waals surface area contributed by atoms with Crippen molar-refractivity contribution >= 4 is 17.2 Å². The minimum atomic E-state index is -0.0601. The lowest BCUT2D eigenvalue weighted by Gasteiger charge is -2.36. The van der Waals surface area contributed by atoms with Crippen LogP contribution in [0.1, 0.15) is 29.4 Å². The van der Waals surface area contributed by atoms with Crippen molar-refractivity contribution in [3.63, 3.8) is 0 Å². The second-order valence-electron chi connectivity index (χ2n) is 5.90. The Kier molecular flexibility index (Phi) is 4.37. The lowest BCUT2D eigenvalue weighted by molar-refractivity contribution is 0.0531. The van der Waals surface area contributed by atoms with Gasteiger partial charge in [0.05, 0.1) is 17.2 Å². The molecule has 1 aliphatic heterocycles. The molecule has 1 fully saturated rings. The number of hydrogen-bond acceptors (Lipinski definition) is 7. The lowest BCUT2D eigenvalue weighted by atomic mass is 10.2. The van der Waals surface area contributed by atoms with Crippen molar-refractivity contribution in [1.82, 2.24) is 20.0 Å². The quantitative estimate of drug-likeness (QED) is 0.714. The fraction of sp³-hybridized carbons (Fsp3) is 0.353. The number of carbonyl (C=O) groups excluding carboxylic acids is 1. The molecule has 7 nitrogen and oxygen atoms in total. The monoisotopic (exact) mass is 358 g/mol. The smallest absolute Gasteiger partial charge is 0.289 e. The molecule has 1 saturated heterocycles. The zero-order chi connectivity index (χ0) is 17.2. The molecule has 3 aromatic rings. The van der Waals surface area contributed by atoms with Crippen molar-refractivity contribution in [3.8, 4) is 10.8 Å². The Bertz CT molecular complexity index is 820. The molecule has 25 heavy (non-hydrogen) atoms. The maximum absolute atomic E-state index is 12.3. The number of nitrogens with zero attached hydrogens (tertiary/aromatic N) is 4. The molecule has 130 valence electrons. The number of hydrogen-bond donors (Lipinski definition) is 0. The number of aromatic nitrogens is 2. The van der Waals surface area contributed by atoms with Gasteiger partial charge < -0.3 is 13.7 Å². The summed E-state index contributed by atoms with van der Waals surface area (Å²) in [5.41, 5.74) is 0. The molecule has 0 aliphatic carbocycles. The van der Waals surface area contributed by atoms with Gasteiger partial charge in [-0.25, -0.2) is 0 Å². The summed E-state index contributed by atoms with van der Waals surface area (Å²) >= 11 is 1.58. The highest BCUT2D eigenvalue weighted by Crippen LogP contribution is 2.27. The molecule has 1 amide bonds. The molecule has 3 aromatic heterocycles. The molecular weight excluding hydrogens is 340 g/mol. The van der Waals surface area contributed by atoms with Crippen molar-refractivity contribution in [2.75, 3.05) is 26.2 Å². The van der Waals surface area contributed by atoms with Gasteiger partial charge in [0.2, 0.25) is 5.89 Å². The molecule has 0 saturated carbocycles. The molecule has 0 N–H and O–H groups in total. The average Bonchev–Trinajstić information content (AvgIpc) is 3.42. The predicted octanol–water partition coefficient (Wildman–Crippen LogP) is 2.91. The third-order valence-corrected chi connectivity index (χ3v) is 5.27. The zero-order valence-electron chi connectivity index (χ0n) is 13.8. The highest BCUT2D eigenvalue weighted by Gasteiger charge is 2.28. The maximum Gasteiger partial charge on any atom is 0.289 e. The summed E-state index contributed by atoms with van der Waals surface area (Å²) in [5.74, 6) is 1.49. The first kappa shape index (κ1) is 16.0. The van der Waals surface area contributed by atoms with Crippen LogP contribution in [0.15, 0.2) is 44.7 Å². The van der Waals surface area contributed by atoms with Crippen LogP contribution in [0.25, 0.3) is 10.8 Å². The van der Waals surface area contributed by atoms with Crippen LogP contribution in [0.3, 0.4) is 0 Å². The largest absolute Gasteiger partial charge is 0.459 e. The SMILES string of the molecule is CC(c1nnc(-c2cccs2)o1)N1CCN(C(=O)c2ccco2)CC1. The van der Waals surface area contributed by atoms with Gasteiger partial charge in [-0.05, 0) is 30.5 Å². The summed E-state index contributed by atoms with van der Waals surface area (Å²) in [6.45, 7) is 4.86. The van der Waals surface area contributed by atoms with E-state index in [9.17, 15) is 4.79 Å². The maximum atomic E-state index is 12.3. The van der Waals surface area contributed by atoms with Gasteiger partial charge in [0.15, 0.2) is 5.76 Å². The van der Waals surface area contributed by atoms with Crippen LogP contribution >= 0.6 is 11.3 Å². The molecule has 1 aliphatic rings. The van der Waals surface area contributed by atoms with Crippen molar-refractivity contribution < 1.29 is 13.6 Å². The minimum absolute atomic E-state index is 0.0158. The average molecular weight is 358 g/mol. The van der Waals surface area contributed by atoms with Gasteiger partial charge in [-0.2, -0.15) is 0 Å². The highest BCUT2D eigenvalue weighted by atomic mass is 32.1. The third kappa shape index (κ3) is 3.22. The van der Waals surface area contributed by atoms with Crippen LogP contribution in [0.2, 0.25) is 0 Å². The second kappa shape index (κ2) is 6.81. The number of furan rings is 1. The van der Waals surface area contributed by atoms with E-state index in [4.69, 9.17) is 8.83 Å². The minimum Gasteiger partial charge on any atom is -0.459 e. The first-order valence-electron chi connectivity index (χ1n) is 8.16. The Hall–Kier alpha value is -2.45. The Morgan fingerprint density at radius 1 is 1.20 bits per heavy atom. The normalized spacial score (nSPS) is 16.9. The van der Waals surface area contributed by atoms with E-state index >= 15 is 0 Å². The van der Waals surface area contributed by atoms with Crippen LogP contribution in [0.4, 0.5) is 0 Å². The Morgan fingerprint density at radius 2 is 2.04 bits per heavy atom. The standard InChI is InChI=1S/C17H18N4O3S/c1-12(15-18-19-16(24-15)14-5-3-11-25-14)20-6-8-21(9-7-20)17(22)13-4-2-10-23-13/h2-5,10-12H,6-9H2,1H3. The predicted molar refractivity (Wildman–Crippen MR) is 92.2 cm³/mol. The van der Waals surface area contributed by atoms with E-state index in [1.165, 1.54) is 6.26 Å². The van der Waals surface area contributed by atoms with E-state index in [2.05, 4.69) is 22.0 Å². The molecule has 0 aromatic carbocycles. The summed E-state index contributed by atoms with van der Waals surface area (Å²) < 4.78 is 11.0. The van der Waals surface area contributed by atoms with Crippen LogP contribution < -0.4 is 0 Å². The summed E-state index contributed by atoms with van der Waals surface area (Å²) in [6, 6.07) is 7.37. The molecule has 0 radical (unpaired) electrons. The van der Waals surface area contributed by atoms with Gasteiger partial charge in [-0.1, -0.05) is 6.07 Å². The van der Waals surface area contributed by atoms with Gasteiger partial charge in [-0.15, -0.1) is 21.5 Å². The number of piperazine rings is 1. The Morgan fingerprint density at radius 3 is 2.72 bits per heavy atom. The van der Waals surface area contributed by atoms with Gasteiger partial charge in [-0.3, -0.25) is 9.69 Å². The number of rotatable bonds is 4. The molecule has 8 heteroatoms. The van der Waals surface area contributed by atoms with E-state index in [-0.39, 0.29) is 11.9 Å². The summed E-state index contributed by atoms with van der Waals surface area (Å²) in [4.78, 5) is 17.3. The fourth-order valence-corrected chi connectivity index (χ4v) is 3.57. The molecule has 4 rings (SSSR count). The van der Waals surface area contributed by atoms with Crippen LogP contribution in [-0.2, 0) is 0 Å². The van der Waals surface area contributed by atoms with Crippen LogP contribution in [0.5, 0.6) is 0 Å². The van der Waals surface area contributed by atoms with Crippen molar-refractivity contribution in [2.45, 2.75) is 13.0 Å². The van der Waals surface area contributed by atoms with Crippen LogP contribution in [0, 0.1) is 0 Å². The van der Waals surface area contributed by atoms with Crippen molar-refractivity contribution in [3.05, 3.63) is 47.6 Å². The topological polar surface area (TPSA) is 75.6 Å². The highest BCUT2D eigenvalue weighted by molar-refractivity contribution is 7.13. The fourth-order valence-electron chi connectivity index (χ4n) is 2.93. The van der Waals surface area contributed by atoms with E-state index in [1.807, 2.05) is 22.4 Å². The molecule has 0 bridgehead atoms. The summed E-state index contributed by atoms with van der Waals surface area (Å²) in [6.07, 6.45) is 1.52. The molecule has 4 heterocycles. The van der Waals surface area contributed by atoms with E-state index < -0.39 is 0 Å². The first-order valence-corrected chi connectivity index (χ1v) is 9.04. The lowest BCUT2D eigenvalue weighted by Crippen LogP contribution is -2.49. The Labute approximate surface area is 148 Å². The van der Waals surface area contributed by atoms with E-state index in [0.29, 0.717) is 30.6 Å². The summed E-state index contributed by atoms with van der Waals surface area (Å²) in [5, 5.41) is 10.3. The van der Waals surface area contributed by atoms with Gasteiger partial charge in [0, 0.05) is 26.2 Å². The second-order valence-corrected chi connectivity index (χ2v) is 6.85. The molecule has 1 unspecified atom stereocenters. The van der Waals surface area contributed by atoms with E-state index in [1.54, 1.807) is 23.5 Å². The van der Waals surface area contributed by atoms with Gasteiger partial charge >= 0.3 is 0 Å². The Balaban J connectivity index is 1.38.